The maximum Gasteiger partial charge on any atom is 0.353 e. The summed E-state index contributed by atoms with van der Waals surface area (Å²) in [6.45, 7) is 3.53. The van der Waals surface area contributed by atoms with Crippen LogP contribution in [-0.2, 0) is 14.4 Å². The summed E-state index contributed by atoms with van der Waals surface area (Å²) >= 11 is 1.33. The first-order chi connectivity index (χ1) is 12.1. The summed E-state index contributed by atoms with van der Waals surface area (Å²) in [5.74, 6) is -2.38. The number of hydrogen-bond donors (Lipinski definition) is 4. The van der Waals surface area contributed by atoms with Gasteiger partial charge in [-0.25, -0.2) is 4.79 Å². The zero-order valence-electron chi connectivity index (χ0n) is 14.5. The molecule has 0 spiro atoms. The first kappa shape index (κ1) is 18.7. The van der Waals surface area contributed by atoms with Crippen molar-refractivity contribution in [3.8, 4) is 0 Å². The molecule has 2 saturated heterocycles. The average Bonchev–Trinajstić information content (AvgIpc) is 3.07. The molecular weight excluding hydrogens is 360 g/mol. The summed E-state index contributed by atoms with van der Waals surface area (Å²) in [7, 11) is 0. The predicted octanol–water partition coefficient (Wildman–Crippen LogP) is -0.447. The topological polar surface area (TPSA) is 148 Å². The van der Waals surface area contributed by atoms with Gasteiger partial charge in [0.25, 0.3) is 0 Å². The van der Waals surface area contributed by atoms with Crippen LogP contribution in [0.3, 0.4) is 0 Å². The number of nitrogens with one attached hydrogen (secondary N) is 1. The number of rotatable bonds is 5. The molecule has 9 nitrogen and oxygen atoms in total. The molecule has 26 heavy (non-hydrogen) atoms. The van der Waals surface area contributed by atoms with E-state index in [2.05, 4.69) is 0 Å². The lowest BCUT2D eigenvalue weighted by molar-refractivity contribution is -0.161. The molecule has 5 N–H and O–H groups in total. The molecule has 3 aliphatic rings. The van der Waals surface area contributed by atoms with Crippen LogP contribution in [0.1, 0.15) is 26.7 Å². The molecule has 10 heteroatoms. The molecule has 3 heterocycles. The Morgan fingerprint density at radius 1 is 1.42 bits per heavy atom. The fourth-order valence-electron chi connectivity index (χ4n) is 4.06. The number of likely N-dealkylation sites (tertiary alicyclic amines) is 1. The van der Waals surface area contributed by atoms with Gasteiger partial charge in [0.05, 0.1) is 23.9 Å². The number of carbonyl (C=O) groups excluding carboxylic acids is 2. The average molecular weight is 382 g/mol. The number of carboxylic acids is 1. The van der Waals surface area contributed by atoms with Crippen LogP contribution in [0, 0.1) is 11.3 Å². The van der Waals surface area contributed by atoms with Crippen molar-refractivity contribution in [2.24, 2.45) is 11.7 Å². The van der Waals surface area contributed by atoms with Gasteiger partial charge in [0.15, 0.2) is 0 Å². The summed E-state index contributed by atoms with van der Waals surface area (Å²) in [5, 5.41) is 27.0. The maximum atomic E-state index is 12.2. The standard InChI is InChI=1S/C16H22N4O5S/c1-6(21)12-9-4-11(13(16(24)25)20(9)15(12)23)26-8-3-10(14(18)22)19(5-8)7(2)17/h6,8-10,12,17,21H,3-5H2,1-2H3,(H2,18,22)(H,24,25)/t6?,8?,9-,10?,12-/m1/s1. The van der Waals surface area contributed by atoms with Crippen molar-refractivity contribution < 1.29 is 24.6 Å². The molecule has 0 aliphatic carbocycles. The Morgan fingerprint density at radius 3 is 2.54 bits per heavy atom. The van der Waals surface area contributed by atoms with E-state index < -0.39 is 29.9 Å². The molecule has 3 unspecified atom stereocenters. The highest BCUT2D eigenvalue weighted by atomic mass is 32.2. The van der Waals surface area contributed by atoms with Crippen LogP contribution in [-0.4, -0.2) is 73.6 Å². The van der Waals surface area contributed by atoms with Gasteiger partial charge in [-0.05, 0) is 20.3 Å². The number of aliphatic carboxylic acids is 1. The number of aliphatic hydroxyl groups excluding tert-OH is 1. The van der Waals surface area contributed by atoms with Gasteiger partial charge in [-0.1, -0.05) is 0 Å². The van der Waals surface area contributed by atoms with Crippen molar-refractivity contribution >= 4 is 35.4 Å². The molecule has 0 aromatic carbocycles. The van der Waals surface area contributed by atoms with Gasteiger partial charge in [0.1, 0.15) is 11.7 Å². The Hall–Kier alpha value is -2.07. The van der Waals surface area contributed by atoms with Crippen molar-refractivity contribution in [3.05, 3.63) is 10.6 Å². The van der Waals surface area contributed by atoms with Crippen LogP contribution in [0.5, 0.6) is 0 Å². The lowest BCUT2D eigenvalue weighted by Gasteiger charge is -2.44. The number of β-lactam (4-membered cyclic amide) rings is 1. The molecular formula is C16H22N4O5S. The number of hydrogen-bond acceptors (Lipinski definition) is 6. The molecule has 0 aromatic rings. The predicted molar refractivity (Wildman–Crippen MR) is 94.2 cm³/mol. The van der Waals surface area contributed by atoms with Crippen molar-refractivity contribution in [1.82, 2.24) is 9.80 Å². The summed E-state index contributed by atoms with van der Waals surface area (Å²) in [4.78, 5) is 39.0. The Morgan fingerprint density at radius 2 is 2.08 bits per heavy atom. The molecule has 0 saturated carbocycles. The van der Waals surface area contributed by atoms with Crippen LogP contribution in [0.15, 0.2) is 10.6 Å². The summed E-state index contributed by atoms with van der Waals surface area (Å²) < 4.78 is 0. The number of aliphatic hydroxyl groups is 1. The minimum absolute atomic E-state index is 0.0254. The minimum Gasteiger partial charge on any atom is -0.477 e. The van der Waals surface area contributed by atoms with Gasteiger partial charge >= 0.3 is 5.97 Å². The Labute approximate surface area is 154 Å². The monoisotopic (exact) mass is 382 g/mol. The summed E-state index contributed by atoms with van der Waals surface area (Å²) in [6.07, 6.45) is -0.0232. The van der Waals surface area contributed by atoms with E-state index in [1.807, 2.05) is 0 Å². The largest absolute Gasteiger partial charge is 0.477 e. The van der Waals surface area contributed by atoms with Gasteiger partial charge in [-0.15, -0.1) is 11.8 Å². The Balaban J connectivity index is 1.79. The van der Waals surface area contributed by atoms with Crippen LogP contribution in [0.25, 0.3) is 0 Å². The number of amidine groups is 1. The fourth-order valence-corrected chi connectivity index (χ4v) is 5.54. The van der Waals surface area contributed by atoms with Crippen LogP contribution in [0.4, 0.5) is 0 Å². The van der Waals surface area contributed by atoms with E-state index in [0.717, 1.165) is 0 Å². The SMILES string of the molecule is CC(=N)N1CC(SC2=C(C(=O)O)N3C(=O)[C@H](C(C)O)[C@H]3C2)CC1C(N)=O. The molecule has 2 fully saturated rings. The number of nitrogens with zero attached hydrogens (tertiary/aromatic N) is 2. The summed E-state index contributed by atoms with van der Waals surface area (Å²) in [5.41, 5.74) is 5.40. The molecule has 0 bridgehead atoms. The summed E-state index contributed by atoms with van der Waals surface area (Å²) in [6, 6.07) is -0.908. The minimum atomic E-state index is -1.17. The van der Waals surface area contributed by atoms with Gasteiger partial charge < -0.3 is 25.7 Å². The fraction of sp³-hybridized carbons (Fsp3) is 0.625. The van der Waals surface area contributed by atoms with E-state index in [9.17, 15) is 24.6 Å². The number of thioether (sulfide) groups is 1. The van der Waals surface area contributed by atoms with Crippen molar-refractivity contribution in [2.45, 2.75) is 50.1 Å². The quantitative estimate of drug-likeness (QED) is 0.286. The highest BCUT2D eigenvalue weighted by Gasteiger charge is 2.57. The number of primary amides is 1. The zero-order chi connectivity index (χ0) is 19.3. The van der Waals surface area contributed by atoms with Crippen LogP contribution >= 0.6 is 11.8 Å². The van der Waals surface area contributed by atoms with Crippen LogP contribution in [0.2, 0.25) is 0 Å². The normalized spacial score (nSPS) is 31.7. The number of amides is 2. The number of fused-ring (bicyclic) bond motifs is 1. The van der Waals surface area contributed by atoms with E-state index in [4.69, 9.17) is 11.1 Å². The third-order valence-electron chi connectivity index (χ3n) is 5.22. The van der Waals surface area contributed by atoms with Gasteiger partial charge in [-0.3, -0.25) is 15.0 Å². The van der Waals surface area contributed by atoms with E-state index in [0.29, 0.717) is 24.3 Å². The molecule has 3 rings (SSSR count). The molecule has 5 atom stereocenters. The maximum absolute atomic E-state index is 12.2. The highest BCUT2D eigenvalue weighted by molar-refractivity contribution is 8.03. The van der Waals surface area contributed by atoms with Gasteiger partial charge in [-0.2, -0.15) is 0 Å². The molecule has 3 aliphatic heterocycles. The van der Waals surface area contributed by atoms with E-state index >= 15 is 0 Å². The third kappa shape index (κ3) is 2.86. The first-order valence-electron chi connectivity index (χ1n) is 8.38. The smallest absolute Gasteiger partial charge is 0.353 e. The highest BCUT2D eigenvalue weighted by Crippen LogP contribution is 2.49. The third-order valence-corrected chi connectivity index (χ3v) is 6.54. The van der Waals surface area contributed by atoms with E-state index in [-0.39, 0.29) is 28.7 Å². The lowest BCUT2D eigenvalue weighted by Crippen LogP contribution is -2.61. The van der Waals surface area contributed by atoms with Crippen molar-refractivity contribution in [3.63, 3.8) is 0 Å². The molecule has 142 valence electrons. The molecule has 0 aromatic heterocycles. The second kappa shape index (κ2) is 6.58. The zero-order valence-corrected chi connectivity index (χ0v) is 15.3. The molecule has 0 radical (unpaired) electrons. The van der Waals surface area contributed by atoms with Gasteiger partial charge in [0, 0.05) is 23.1 Å². The van der Waals surface area contributed by atoms with E-state index in [1.54, 1.807) is 11.8 Å². The van der Waals surface area contributed by atoms with Crippen molar-refractivity contribution in [2.75, 3.05) is 6.54 Å². The van der Waals surface area contributed by atoms with Gasteiger partial charge in [0.2, 0.25) is 11.8 Å². The number of nitrogens with two attached hydrogens (primary N) is 1. The van der Waals surface area contributed by atoms with Crippen molar-refractivity contribution in [1.29, 1.82) is 5.41 Å². The number of carbonyl (C=O) groups is 3. The second-order valence-corrected chi connectivity index (χ2v) is 8.35. The second-order valence-electron chi connectivity index (χ2n) is 6.95. The van der Waals surface area contributed by atoms with E-state index in [1.165, 1.54) is 23.6 Å². The lowest BCUT2D eigenvalue weighted by atomic mass is 9.83. The molecule has 2 amide bonds. The number of carboxylic acid groups (broad SMARTS) is 1. The Bertz CT molecular complexity index is 699. The Kier molecular flexibility index (Phi) is 4.74. The first-order valence-corrected chi connectivity index (χ1v) is 9.26. The van der Waals surface area contributed by atoms with Crippen LogP contribution < -0.4 is 5.73 Å².